The summed E-state index contributed by atoms with van der Waals surface area (Å²) in [6.45, 7) is 1.54. The molecule has 78 valence electrons. The van der Waals surface area contributed by atoms with Crippen molar-refractivity contribution in [2.75, 3.05) is 5.75 Å². The van der Waals surface area contributed by atoms with E-state index in [4.69, 9.17) is 0 Å². The lowest BCUT2D eigenvalue weighted by molar-refractivity contribution is 0.0383. The van der Waals surface area contributed by atoms with Gasteiger partial charge in [0.05, 0.1) is 16.7 Å². The molecular weight excluding hydrogens is 222 g/mol. The van der Waals surface area contributed by atoms with Crippen molar-refractivity contribution in [2.45, 2.75) is 24.2 Å². The molecule has 6 heteroatoms. The SMILES string of the molecule is CC1C(O)(c2ccsn2)CCS1(=O)=O. The maximum absolute atomic E-state index is 11.5. The van der Waals surface area contributed by atoms with Crippen LogP contribution in [-0.4, -0.2) is 28.9 Å². The highest BCUT2D eigenvalue weighted by Gasteiger charge is 2.50. The zero-order valence-electron chi connectivity index (χ0n) is 7.67. The standard InChI is InChI=1S/C8H11NO3S2/c1-6-8(10,3-5-14(6,11)12)7-2-4-13-9-7/h2,4,6,10H,3,5H2,1H3. The van der Waals surface area contributed by atoms with Gasteiger partial charge in [-0.3, -0.25) is 0 Å². The molecule has 0 bridgehead atoms. The van der Waals surface area contributed by atoms with Gasteiger partial charge in [0.15, 0.2) is 9.84 Å². The van der Waals surface area contributed by atoms with Crippen LogP contribution in [-0.2, 0) is 15.4 Å². The molecule has 2 rings (SSSR count). The number of aliphatic hydroxyl groups is 1. The Morgan fingerprint density at radius 3 is 2.86 bits per heavy atom. The van der Waals surface area contributed by atoms with E-state index in [1.807, 2.05) is 0 Å². The molecule has 0 aromatic carbocycles. The number of sulfone groups is 1. The molecule has 2 unspecified atom stereocenters. The van der Waals surface area contributed by atoms with Gasteiger partial charge >= 0.3 is 0 Å². The second kappa shape index (κ2) is 3.01. The maximum atomic E-state index is 11.5. The van der Waals surface area contributed by atoms with E-state index in [0.717, 1.165) is 0 Å². The van der Waals surface area contributed by atoms with E-state index < -0.39 is 20.7 Å². The average molecular weight is 233 g/mol. The fraction of sp³-hybridized carbons (Fsp3) is 0.625. The van der Waals surface area contributed by atoms with E-state index in [2.05, 4.69) is 4.37 Å². The highest BCUT2D eigenvalue weighted by Crippen LogP contribution is 2.38. The van der Waals surface area contributed by atoms with Crippen LogP contribution in [0.25, 0.3) is 0 Å². The van der Waals surface area contributed by atoms with Crippen LogP contribution in [0.1, 0.15) is 19.0 Å². The molecule has 1 fully saturated rings. The second-order valence-electron chi connectivity index (χ2n) is 3.57. The zero-order chi connectivity index (χ0) is 10.4. The van der Waals surface area contributed by atoms with Crippen LogP contribution in [0.5, 0.6) is 0 Å². The van der Waals surface area contributed by atoms with Crippen LogP contribution in [0.4, 0.5) is 0 Å². The van der Waals surface area contributed by atoms with Crippen LogP contribution in [0, 0.1) is 0 Å². The molecule has 1 aliphatic rings. The van der Waals surface area contributed by atoms with Crippen molar-refractivity contribution in [1.82, 2.24) is 4.37 Å². The van der Waals surface area contributed by atoms with E-state index in [9.17, 15) is 13.5 Å². The zero-order valence-corrected chi connectivity index (χ0v) is 9.31. The van der Waals surface area contributed by atoms with Gasteiger partial charge in [-0.1, -0.05) is 0 Å². The summed E-state index contributed by atoms with van der Waals surface area (Å²) in [5.41, 5.74) is -0.796. The number of hydrogen-bond acceptors (Lipinski definition) is 5. The van der Waals surface area contributed by atoms with Gasteiger partial charge in [0.1, 0.15) is 5.60 Å². The predicted octanol–water partition coefficient (Wildman–Crippen LogP) is 0.538. The van der Waals surface area contributed by atoms with Crippen molar-refractivity contribution in [3.63, 3.8) is 0 Å². The van der Waals surface area contributed by atoms with Crippen LogP contribution in [0.2, 0.25) is 0 Å². The highest BCUT2D eigenvalue weighted by atomic mass is 32.2. The molecule has 0 aliphatic carbocycles. The third-order valence-corrected chi connectivity index (χ3v) is 5.66. The Morgan fingerprint density at radius 1 is 1.71 bits per heavy atom. The van der Waals surface area contributed by atoms with Crippen LogP contribution in [0.15, 0.2) is 11.4 Å². The molecule has 0 amide bonds. The second-order valence-corrected chi connectivity index (χ2v) is 6.67. The van der Waals surface area contributed by atoms with Gasteiger partial charge in [-0.15, -0.1) is 0 Å². The summed E-state index contributed by atoms with van der Waals surface area (Å²) in [6, 6.07) is 1.68. The van der Waals surface area contributed by atoms with Gasteiger partial charge in [-0.05, 0) is 30.9 Å². The number of hydrogen-bond donors (Lipinski definition) is 1. The van der Waals surface area contributed by atoms with Crippen molar-refractivity contribution in [1.29, 1.82) is 0 Å². The number of aromatic nitrogens is 1. The van der Waals surface area contributed by atoms with Crippen LogP contribution < -0.4 is 0 Å². The van der Waals surface area contributed by atoms with Gasteiger partial charge in [0.25, 0.3) is 0 Å². The molecule has 1 aromatic heterocycles. The van der Waals surface area contributed by atoms with E-state index in [1.165, 1.54) is 11.5 Å². The first-order chi connectivity index (χ1) is 6.47. The lowest BCUT2D eigenvalue weighted by Gasteiger charge is -2.23. The Morgan fingerprint density at radius 2 is 2.43 bits per heavy atom. The molecular formula is C8H11NO3S2. The number of rotatable bonds is 1. The summed E-state index contributed by atoms with van der Waals surface area (Å²) >= 11 is 1.22. The van der Waals surface area contributed by atoms with Crippen molar-refractivity contribution in [2.24, 2.45) is 0 Å². The predicted molar refractivity (Wildman–Crippen MR) is 53.9 cm³/mol. The molecule has 1 saturated heterocycles. The van der Waals surface area contributed by atoms with Crippen LogP contribution in [0.3, 0.4) is 0 Å². The molecule has 1 aromatic rings. The van der Waals surface area contributed by atoms with Gasteiger partial charge in [-0.2, -0.15) is 4.37 Å². The first kappa shape index (κ1) is 10.1. The molecule has 0 saturated carbocycles. The molecule has 0 spiro atoms. The Hall–Kier alpha value is -0.460. The first-order valence-electron chi connectivity index (χ1n) is 4.31. The smallest absolute Gasteiger partial charge is 0.156 e. The van der Waals surface area contributed by atoms with Crippen LogP contribution >= 0.6 is 11.5 Å². The lowest BCUT2D eigenvalue weighted by atomic mass is 9.94. The van der Waals surface area contributed by atoms with Gasteiger partial charge in [0, 0.05) is 5.38 Å². The van der Waals surface area contributed by atoms with Crippen molar-refractivity contribution in [3.8, 4) is 0 Å². The summed E-state index contributed by atoms with van der Waals surface area (Å²) in [6.07, 6.45) is 0.250. The van der Waals surface area contributed by atoms with E-state index >= 15 is 0 Å². The van der Waals surface area contributed by atoms with Gasteiger partial charge < -0.3 is 5.11 Å². The van der Waals surface area contributed by atoms with E-state index in [1.54, 1.807) is 18.4 Å². The normalized spacial score (nSPS) is 36.0. The van der Waals surface area contributed by atoms with E-state index in [0.29, 0.717) is 5.69 Å². The molecule has 2 heterocycles. The molecule has 2 atom stereocenters. The minimum Gasteiger partial charge on any atom is -0.382 e. The fourth-order valence-corrected chi connectivity index (χ4v) is 4.11. The lowest BCUT2D eigenvalue weighted by Crippen LogP contribution is -2.35. The summed E-state index contributed by atoms with van der Waals surface area (Å²) in [4.78, 5) is 0. The van der Waals surface area contributed by atoms with Gasteiger partial charge in [0.2, 0.25) is 0 Å². The minimum absolute atomic E-state index is 0.0438. The molecule has 1 aliphatic heterocycles. The topological polar surface area (TPSA) is 67.3 Å². The van der Waals surface area contributed by atoms with Crippen molar-refractivity contribution < 1.29 is 13.5 Å². The Kier molecular flexibility index (Phi) is 2.17. The Bertz CT molecular complexity index is 425. The summed E-state index contributed by atoms with van der Waals surface area (Å²) in [5.74, 6) is 0.0438. The Labute approximate surface area is 86.7 Å². The van der Waals surface area contributed by atoms with Crippen molar-refractivity contribution >= 4 is 21.4 Å². The van der Waals surface area contributed by atoms with Gasteiger partial charge in [-0.25, -0.2) is 8.42 Å². The molecule has 0 radical (unpaired) electrons. The Balaban J connectivity index is 2.45. The third-order valence-electron chi connectivity index (χ3n) is 2.86. The maximum Gasteiger partial charge on any atom is 0.156 e. The van der Waals surface area contributed by atoms with Crippen molar-refractivity contribution in [3.05, 3.63) is 17.1 Å². The number of nitrogens with zero attached hydrogens (tertiary/aromatic N) is 1. The summed E-state index contributed by atoms with van der Waals surface area (Å²) in [7, 11) is -3.14. The minimum atomic E-state index is -3.14. The fourth-order valence-electron chi connectivity index (χ4n) is 1.75. The molecule has 14 heavy (non-hydrogen) atoms. The summed E-state index contributed by atoms with van der Waals surface area (Å²) < 4.78 is 27.0. The monoisotopic (exact) mass is 233 g/mol. The summed E-state index contributed by atoms with van der Waals surface area (Å²) in [5, 5.41) is 11.2. The third kappa shape index (κ3) is 1.29. The van der Waals surface area contributed by atoms with E-state index in [-0.39, 0.29) is 12.2 Å². The average Bonchev–Trinajstić information content (AvgIpc) is 2.71. The molecule has 1 N–H and O–H groups in total. The highest BCUT2D eigenvalue weighted by molar-refractivity contribution is 7.92. The molecule has 4 nitrogen and oxygen atoms in total. The largest absolute Gasteiger partial charge is 0.382 e. The quantitative estimate of drug-likeness (QED) is 0.768. The first-order valence-corrected chi connectivity index (χ1v) is 6.87.